The Morgan fingerprint density at radius 3 is 2.68 bits per heavy atom. The van der Waals surface area contributed by atoms with Gasteiger partial charge in [-0.15, -0.1) is 0 Å². The SMILES string of the molecule is CCOc1ccc2c(c1)sc(=NC(=O)c1cc(C)n(CC)n1)n2CC. The monoisotopic (exact) mass is 358 g/mol. The molecule has 0 unspecified atom stereocenters. The van der Waals surface area contributed by atoms with E-state index in [-0.39, 0.29) is 5.91 Å². The second-order valence-electron chi connectivity index (χ2n) is 5.60. The van der Waals surface area contributed by atoms with E-state index in [9.17, 15) is 4.79 Å². The second kappa shape index (κ2) is 7.23. The van der Waals surface area contributed by atoms with Crippen molar-refractivity contribution < 1.29 is 9.53 Å². The highest BCUT2D eigenvalue weighted by Gasteiger charge is 2.13. The zero-order valence-electron chi connectivity index (χ0n) is 14.9. The lowest BCUT2D eigenvalue weighted by Crippen LogP contribution is -2.16. The number of amides is 1. The van der Waals surface area contributed by atoms with E-state index < -0.39 is 0 Å². The van der Waals surface area contributed by atoms with Gasteiger partial charge in [-0.05, 0) is 52.0 Å². The molecule has 2 aromatic heterocycles. The third-order valence-electron chi connectivity index (χ3n) is 3.98. The van der Waals surface area contributed by atoms with Gasteiger partial charge in [0.2, 0.25) is 0 Å². The first-order valence-corrected chi connectivity index (χ1v) is 9.28. The summed E-state index contributed by atoms with van der Waals surface area (Å²) in [7, 11) is 0. The zero-order valence-corrected chi connectivity index (χ0v) is 15.8. The molecule has 132 valence electrons. The maximum Gasteiger partial charge on any atom is 0.300 e. The van der Waals surface area contributed by atoms with Gasteiger partial charge in [-0.25, -0.2) is 0 Å². The van der Waals surface area contributed by atoms with Gasteiger partial charge in [0.15, 0.2) is 10.5 Å². The Morgan fingerprint density at radius 1 is 1.24 bits per heavy atom. The van der Waals surface area contributed by atoms with Gasteiger partial charge in [0, 0.05) is 18.8 Å². The Hall–Kier alpha value is -2.41. The molecule has 7 heteroatoms. The molecule has 2 heterocycles. The third-order valence-corrected chi connectivity index (χ3v) is 5.02. The normalized spacial score (nSPS) is 12.1. The van der Waals surface area contributed by atoms with E-state index in [0.29, 0.717) is 17.1 Å². The van der Waals surface area contributed by atoms with Crippen molar-refractivity contribution in [2.75, 3.05) is 6.61 Å². The van der Waals surface area contributed by atoms with E-state index in [1.807, 2.05) is 50.5 Å². The van der Waals surface area contributed by atoms with Crippen LogP contribution in [0.3, 0.4) is 0 Å². The summed E-state index contributed by atoms with van der Waals surface area (Å²) >= 11 is 1.49. The van der Waals surface area contributed by atoms with Crippen LogP contribution in [0.5, 0.6) is 5.75 Å². The minimum absolute atomic E-state index is 0.311. The number of carbonyl (C=O) groups is 1. The summed E-state index contributed by atoms with van der Waals surface area (Å²) in [6.07, 6.45) is 0. The molecule has 3 rings (SSSR count). The van der Waals surface area contributed by atoms with Crippen molar-refractivity contribution in [3.63, 3.8) is 0 Å². The zero-order chi connectivity index (χ0) is 18.0. The molecule has 0 saturated carbocycles. The van der Waals surface area contributed by atoms with E-state index in [2.05, 4.69) is 10.1 Å². The van der Waals surface area contributed by atoms with E-state index in [4.69, 9.17) is 4.74 Å². The summed E-state index contributed by atoms with van der Waals surface area (Å²) in [4.78, 5) is 17.5. The molecule has 0 aliphatic heterocycles. The number of ether oxygens (including phenoxy) is 1. The Kier molecular flexibility index (Phi) is 5.03. The lowest BCUT2D eigenvalue weighted by atomic mass is 10.3. The van der Waals surface area contributed by atoms with Crippen molar-refractivity contribution >= 4 is 27.5 Å². The number of hydrogen-bond donors (Lipinski definition) is 0. The van der Waals surface area contributed by atoms with Crippen molar-refractivity contribution in [3.05, 3.63) is 40.5 Å². The first-order valence-electron chi connectivity index (χ1n) is 8.47. The number of nitrogens with zero attached hydrogens (tertiary/aromatic N) is 4. The summed E-state index contributed by atoms with van der Waals surface area (Å²) in [5.41, 5.74) is 2.40. The smallest absolute Gasteiger partial charge is 0.300 e. The summed E-state index contributed by atoms with van der Waals surface area (Å²) in [6.45, 7) is 10.0. The van der Waals surface area contributed by atoms with Crippen LogP contribution in [0.2, 0.25) is 0 Å². The van der Waals surface area contributed by atoms with Gasteiger partial charge in [-0.2, -0.15) is 10.1 Å². The number of carbonyl (C=O) groups excluding carboxylic acids is 1. The van der Waals surface area contributed by atoms with Crippen LogP contribution in [0.1, 0.15) is 37.0 Å². The molecule has 0 aliphatic rings. The number of thiazole rings is 1. The number of hydrogen-bond acceptors (Lipinski definition) is 4. The average molecular weight is 358 g/mol. The van der Waals surface area contributed by atoms with E-state index in [0.717, 1.165) is 34.7 Å². The van der Waals surface area contributed by atoms with Gasteiger partial charge in [0.1, 0.15) is 5.75 Å². The Labute approximate surface area is 150 Å². The average Bonchev–Trinajstić information content (AvgIpc) is 3.14. The summed E-state index contributed by atoms with van der Waals surface area (Å²) < 4.78 is 10.5. The van der Waals surface area contributed by atoms with Gasteiger partial charge < -0.3 is 9.30 Å². The van der Waals surface area contributed by atoms with Crippen LogP contribution in [0.25, 0.3) is 10.2 Å². The molecule has 25 heavy (non-hydrogen) atoms. The predicted molar refractivity (Wildman–Crippen MR) is 99.2 cm³/mol. The lowest BCUT2D eigenvalue weighted by Gasteiger charge is -2.03. The van der Waals surface area contributed by atoms with Crippen molar-refractivity contribution in [2.45, 2.75) is 40.8 Å². The van der Waals surface area contributed by atoms with E-state index in [1.54, 1.807) is 10.7 Å². The molecule has 0 radical (unpaired) electrons. The Morgan fingerprint density at radius 2 is 2.04 bits per heavy atom. The van der Waals surface area contributed by atoms with Gasteiger partial charge in [0.05, 0.1) is 16.8 Å². The highest BCUT2D eigenvalue weighted by atomic mass is 32.1. The molecule has 3 aromatic rings. The molecule has 0 spiro atoms. The fourth-order valence-electron chi connectivity index (χ4n) is 2.78. The van der Waals surface area contributed by atoms with Gasteiger partial charge in [-0.1, -0.05) is 11.3 Å². The fraction of sp³-hybridized carbons (Fsp3) is 0.389. The molecule has 0 bridgehead atoms. The van der Waals surface area contributed by atoms with Crippen LogP contribution in [0.4, 0.5) is 0 Å². The molecule has 0 aliphatic carbocycles. The molecule has 0 atom stereocenters. The molecule has 0 saturated heterocycles. The first kappa shape index (κ1) is 17.4. The molecular formula is C18H22N4O2S. The molecule has 0 N–H and O–H groups in total. The molecule has 1 aromatic carbocycles. The maximum atomic E-state index is 12.5. The van der Waals surface area contributed by atoms with Gasteiger partial charge >= 0.3 is 0 Å². The van der Waals surface area contributed by atoms with E-state index in [1.165, 1.54) is 11.3 Å². The Bertz CT molecular complexity index is 981. The van der Waals surface area contributed by atoms with Crippen molar-refractivity contribution in [2.24, 2.45) is 4.99 Å². The number of aromatic nitrogens is 3. The standard InChI is InChI=1S/C18H22N4O2S/c1-5-21-15-9-8-13(24-7-3)11-16(15)25-18(21)19-17(23)14-10-12(4)22(6-2)20-14/h8-11H,5-7H2,1-4H3. The fourth-order valence-corrected chi connectivity index (χ4v) is 3.90. The highest BCUT2D eigenvalue weighted by molar-refractivity contribution is 7.16. The van der Waals surface area contributed by atoms with Crippen LogP contribution >= 0.6 is 11.3 Å². The minimum Gasteiger partial charge on any atom is -0.494 e. The van der Waals surface area contributed by atoms with Gasteiger partial charge in [0.25, 0.3) is 5.91 Å². The van der Waals surface area contributed by atoms with Crippen LogP contribution in [-0.4, -0.2) is 26.9 Å². The second-order valence-corrected chi connectivity index (χ2v) is 6.60. The third kappa shape index (κ3) is 3.37. The van der Waals surface area contributed by atoms with Crippen LogP contribution in [0, 0.1) is 6.92 Å². The lowest BCUT2D eigenvalue weighted by molar-refractivity contribution is 0.0992. The minimum atomic E-state index is -0.311. The van der Waals surface area contributed by atoms with Gasteiger partial charge in [-0.3, -0.25) is 9.48 Å². The number of fused-ring (bicyclic) bond motifs is 1. The summed E-state index contributed by atoms with van der Waals surface area (Å²) in [6, 6.07) is 7.74. The maximum absolute atomic E-state index is 12.5. The molecule has 6 nitrogen and oxygen atoms in total. The Balaban J connectivity index is 2.06. The summed E-state index contributed by atoms with van der Waals surface area (Å²) in [5.74, 6) is 0.517. The number of benzene rings is 1. The quantitative estimate of drug-likeness (QED) is 0.702. The molecular weight excluding hydrogens is 336 g/mol. The van der Waals surface area contributed by atoms with Crippen molar-refractivity contribution in [3.8, 4) is 5.75 Å². The summed E-state index contributed by atoms with van der Waals surface area (Å²) in [5, 5.41) is 4.32. The first-order chi connectivity index (χ1) is 12.1. The highest BCUT2D eigenvalue weighted by Crippen LogP contribution is 2.23. The van der Waals surface area contributed by atoms with Crippen molar-refractivity contribution in [1.82, 2.24) is 14.3 Å². The number of aryl methyl sites for hydroxylation is 3. The topological polar surface area (TPSA) is 61.4 Å². The largest absolute Gasteiger partial charge is 0.494 e. The van der Waals surface area contributed by atoms with Crippen LogP contribution in [0.15, 0.2) is 29.3 Å². The van der Waals surface area contributed by atoms with Crippen LogP contribution < -0.4 is 9.54 Å². The van der Waals surface area contributed by atoms with E-state index >= 15 is 0 Å². The molecule has 0 fully saturated rings. The predicted octanol–water partition coefficient (Wildman–Crippen LogP) is 3.39. The molecule has 1 amide bonds. The van der Waals surface area contributed by atoms with Crippen molar-refractivity contribution in [1.29, 1.82) is 0 Å². The number of rotatable bonds is 5. The van der Waals surface area contributed by atoms with Crippen LogP contribution in [-0.2, 0) is 13.1 Å².